The predicted octanol–water partition coefficient (Wildman–Crippen LogP) is 5.77. The summed E-state index contributed by atoms with van der Waals surface area (Å²) < 4.78 is 5.52. The second-order valence-electron chi connectivity index (χ2n) is 9.14. The van der Waals surface area contributed by atoms with Crippen LogP contribution in [-0.2, 0) is 9.59 Å². The molecule has 35 heavy (non-hydrogen) atoms. The highest BCUT2D eigenvalue weighted by Gasteiger charge is 2.47. The van der Waals surface area contributed by atoms with Crippen molar-refractivity contribution in [2.24, 2.45) is 0 Å². The standard InChI is InChI=1S/C29H29NO5/c1-16(2)20-15-21(18(4)14-24(20)35-5)27(32)25-26(19-9-7-6-8-10-19)30(29(34)28(25)33)22-13-17(3)11-12-23(22)31/h6-16,26,31-32H,1-5H3/b27-25+. The van der Waals surface area contributed by atoms with Crippen molar-refractivity contribution >= 4 is 23.1 Å². The minimum absolute atomic E-state index is 0.0231. The molecule has 180 valence electrons. The van der Waals surface area contributed by atoms with Crippen molar-refractivity contribution < 1.29 is 24.5 Å². The van der Waals surface area contributed by atoms with Gasteiger partial charge in [0.25, 0.3) is 11.7 Å². The van der Waals surface area contributed by atoms with Crippen LogP contribution in [0.15, 0.2) is 66.2 Å². The largest absolute Gasteiger partial charge is 0.507 e. The quantitative estimate of drug-likeness (QED) is 0.280. The molecule has 6 nitrogen and oxygen atoms in total. The van der Waals surface area contributed by atoms with Gasteiger partial charge in [-0.2, -0.15) is 0 Å². The van der Waals surface area contributed by atoms with Gasteiger partial charge < -0.3 is 14.9 Å². The van der Waals surface area contributed by atoms with Crippen LogP contribution in [0.4, 0.5) is 5.69 Å². The van der Waals surface area contributed by atoms with E-state index in [9.17, 15) is 19.8 Å². The van der Waals surface area contributed by atoms with E-state index in [1.54, 1.807) is 43.5 Å². The monoisotopic (exact) mass is 471 g/mol. The van der Waals surface area contributed by atoms with Gasteiger partial charge >= 0.3 is 0 Å². The number of ketones is 1. The van der Waals surface area contributed by atoms with E-state index in [-0.39, 0.29) is 28.7 Å². The summed E-state index contributed by atoms with van der Waals surface area (Å²) in [5, 5.41) is 22.2. The van der Waals surface area contributed by atoms with E-state index in [4.69, 9.17) is 4.74 Å². The number of carbonyl (C=O) groups is 2. The maximum absolute atomic E-state index is 13.4. The van der Waals surface area contributed by atoms with Crippen LogP contribution < -0.4 is 9.64 Å². The third-order valence-corrected chi connectivity index (χ3v) is 6.40. The van der Waals surface area contributed by atoms with Crippen molar-refractivity contribution in [2.75, 3.05) is 12.0 Å². The van der Waals surface area contributed by atoms with Crippen LogP contribution in [0.1, 0.15) is 53.6 Å². The molecule has 0 aromatic heterocycles. The Bertz CT molecular complexity index is 1340. The molecule has 0 spiro atoms. The molecule has 0 aliphatic carbocycles. The van der Waals surface area contributed by atoms with Gasteiger partial charge in [-0.25, -0.2) is 0 Å². The van der Waals surface area contributed by atoms with Crippen LogP contribution >= 0.6 is 0 Å². The number of aliphatic hydroxyl groups excluding tert-OH is 1. The summed E-state index contributed by atoms with van der Waals surface area (Å²) in [6, 6.07) is 16.6. The third-order valence-electron chi connectivity index (χ3n) is 6.40. The highest BCUT2D eigenvalue weighted by Crippen LogP contribution is 2.45. The number of aromatic hydroxyl groups is 1. The van der Waals surface area contributed by atoms with Gasteiger partial charge in [-0.3, -0.25) is 14.5 Å². The average molecular weight is 472 g/mol. The molecule has 1 saturated heterocycles. The number of amides is 1. The van der Waals surface area contributed by atoms with E-state index in [0.29, 0.717) is 22.4 Å². The lowest BCUT2D eigenvalue weighted by molar-refractivity contribution is -0.132. The van der Waals surface area contributed by atoms with Gasteiger partial charge in [0, 0.05) is 5.56 Å². The van der Waals surface area contributed by atoms with Crippen molar-refractivity contribution in [3.05, 3.63) is 94.1 Å². The minimum Gasteiger partial charge on any atom is -0.507 e. The summed E-state index contributed by atoms with van der Waals surface area (Å²) in [7, 11) is 1.59. The number of benzene rings is 3. The number of aryl methyl sites for hydroxylation is 2. The van der Waals surface area contributed by atoms with Crippen LogP contribution in [0.3, 0.4) is 0 Å². The van der Waals surface area contributed by atoms with Gasteiger partial charge in [-0.15, -0.1) is 0 Å². The summed E-state index contributed by atoms with van der Waals surface area (Å²) in [5.74, 6) is -1.20. The lowest BCUT2D eigenvalue weighted by atomic mass is 9.91. The second kappa shape index (κ2) is 9.29. The van der Waals surface area contributed by atoms with Gasteiger partial charge in [-0.05, 0) is 66.3 Å². The fourth-order valence-electron chi connectivity index (χ4n) is 4.58. The molecule has 1 unspecified atom stereocenters. The number of hydrogen-bond donors (Lipinski definition) is 2. The molecule has 4 rings (SSSR count). The molecule has 0 radical (unpaired) electrons. The topological polar surface area (TPSA) is 87.1 Å². The van der Waals surface area contributed by atoms with Crippen molar-refractivity contribution in [3.8, 4) is 11.5 Å². The number of hydrogen-bond acceptors (Lipinski definition) is 5. The first-order chi connectivity index (χ1) is 16.6. The molecular formula is C29H29NO5. The molecule has 1 amide bonds. The summed E-state index contributed by atoms with van der Waals surface area (Å²) >= 11 is 0. The zero-order valence-corrected chi connectivity index (χ0v) is 20.5. The van der Waals surface area contributed by atoms with E-state index in [1.165, 1.54) is 11.0 Å². The Kier molecular flexibility index (Phi) is 6.39. The van der Waals surface area contributed by atoms with E-state index < -0.39 is 17.7 Å². The van der Waals surface area contributed by atoms with Crippen molar-refractivity contribution in [1.82, 2.24) is 0 Å². The van der Waals surface area contributed by atoms with Crippen LogP contribution in [0.25, 0.3) is 5.76 Å². The number of aliphatic hydroxyl groups is 1. The van der Waals surface area contributed by atoms with Gasteiger partial charge in [0.15, 0.2) is 0 Å². The molecule has 1 aliphatic heterocycles. The Morgan fingerprint density at radius 2 is 1.69 bits per heavy atom. The molecule has 1 aliphatic rings. The Morgan fingerprint density at radius 1 is 1.00 bits per heavy atom. The highest BCUT2D eigenvalue weighted by atomic mass is 16.5. The van der Waals surface area contributed by atoms with E-state index in [1.807, 2.05) is 45.9 Å². The van der Waals surface area contributed by atoms with Crippen LogP contribution in [0, 0.1) is 13.8 Å². The maximum atomic E-state index is 13.4. The number of Topliss-reactive ketones (excluding diaryl/α,β-unsaturated/α-hetero) is 1. The first kappa shape index (κ1) is 24.1. The van der Waals surface area contributed by atoms with Crippen molar-refractivity contribution in [1.29, 1.82) is 0 Å². The fraction of sp³-hybridized carbons (Fsp3) is 0.241. The molecule has 1 atom stereocenters. The molecule has 1 fully saturated rings. The smallest absolute Gasteiger partial charge is 0.300 e. The lowest BCUT2D eigenvalue weighted by Gasteiger charge is -2.26. The number of carbonyl (C=O) groups excluding carboxylic acids is 2. The minimum atomic E-state index is -0.909. The number of nitrogens with zero attached hydrogens (tertiary/aromatic N) is 1. The number of rotatable bonds is 5. The molecule has 0 bridgehead atoms. The zero-order valence-electron chi connectivity index (χ0n) is 20.5. The van der Waals surface area contributed by atoms with Crippen LogP contribution in [0.2, 0.25) is 0 Å². The first-order valence-corrected chi connectivity index (χ1v) is 11.5. The zero-order chi connectivity index (χ0) is 25.4. The van der Waals surface area contributed by atoms with Crippen LogP contribution in [0.5, 0.6) is 11.5 Å². The summed E-state index contributed by atoms with van der Waals surface area (Å²) in [6.07, 6.45) is 0. The van der Waals surface area contributed by atoms with Gasteiger partial charge in [-0.1, -0.05) is 50.2 Å². The Labute approximate surface area is 205 Å². The Hall–Kier alpha value is -4.06. The molecule has 3 aromatic carbocycles. The fourth-order valence-corrected chi connectivity index (χ4v) is 4.58. The average Bonchev–Trinajstić information content (AvgIpc) is 3.10. The van der Waals surface area contributed by atoms with Crippen molar-refractivity contribution in [2.45, 2.75) is 39.7 Å². The number of anilines is 1. The molecule has 6 heteroatoms. The number of phenols is 1. The normalized spacial score (nSPS) is 17.3. The van der Waals surface area contributed by atoms with E-state index >= 15 is 0 Å². The molecule has 1 heterocycles. The molecule has 0 saturated carbocycles. The van der Waals surface area contributed by atoms with Crippen LogP contribution in [-0.4, -0.2) is 29.0 Å². The maximum Gasteiger partial charge on any atom is 0.300 e. The molecule has 2 N–H and O–H groups in total. The number of phenolic OH excluding ortho intramolecular Hbond substituents is 1. The third kappa shape index (κ3) is 4.16. The number of ether oxygens (including phenoxy) is 1. The molecular weight excluding hydrogens is 442 g/mol. The lowest BCUT2D eigenvalue weighted by Crippen LogP contribution is -2.29. The Morgan fingerprint density at radius 3 is 2.31 bits per heavy atom. The van der Waals surface area contributed by atoms with E-state index in [0.717, 1.165) is 11.1 Å². The van der Waals surface area contributed by atoms with E-state index in [2.05, 4.69) is 0 Å². The highest BCUT2D eigenvalue weighted by molar-refractivity contribution is 6.52. The second-order valence-corrected chi connectivity index (χ2v) is 9.14. The summed E-state index contributed by atoms with van der Waals surface area (Å²) in [5.41, 5.74) is 3.70. The predicted molar refractivity (Wildman–Crippen MR) is 136 cm³/mol. The summed E-state index contributed by atoms with van der Waals surface area (Å²) in [4.78, 5) is 28.1. The van der Waals surface area contributed by atoms with Gasteiger partial charge in [0.05, 0.1) is 24.4 Å². The van der Waals surface area contributed by atoms with Crippen molar-refractivity contribution in [3.63, 3.8) is 0 Å². The first-order valence-electron chi connectivity index (χ1n) is 11.5. The number of methoxy groups -OCH3 is 1. The SMILES string of the molecule is COc1cc(C)c(/C(O)=C2\C(=O)C(=O)N(c3cc(C)ccc3O)C2c2ccccc2)cc1C(C)C. The van der Waals surface area contributed by atoms with Gasteiger partial charge in [0.2, 0.25) is 0 Å². The Balaban J connectivity index is 2.00. The molecule has 3 aromatic rings. The van der Waals surface area contributed by atoms with Gasteiger partial charge in [0.1, 0.15) is 17.3 Å². The summed E-state index contributed by atoms with van der Waals surface area (Å²) in [6.45, 7) is 7.69.